The molecule has 0 aromatic rings. The van der Waals surface area contributed by atoms with Crippen molar-refractivity contribution >= 4 is 14.1 Å². The summed E-state index contributed by atoms with van der Waals surface area (Å²) in [6.07, 6.45) is 29.7. The van der Waals surface area contributed by atoms with Crippen molar-refractivity contribution < 1.29 is 0 Å². The number of rotatable bonds is 23. The Morgan fingerprint density at radius 2 is 0.519 bits per heavy atom. The molecule has 0 atom stereocenters. The molecule has 27 heavy (non-hydrogen) atoms. The van der Waals surface area contributed by atoms with Crippen LogP contribution in [-0.4, -0.2) is 14.1 Å². The average Bonchev–Trinajstić information content (AvgIpc) is 2.68. The van der Waals surface area contributed by atoms with Gasteiger partial charge in [0.1, 0.15) is 0 Å². The van der Waals surface area contributed by atoms with E-state index in [4.69, 9.17) is 0 Å². The van der Waals surface area contributed by atoms with Crippen molar-refractivity contribution in [1.29, 1.82) is 0 Å². The zero-order valence-electron chi connectivity index (χ0n) is 19.8. The Bertz CT molecular complexity index is 235. The highest BCUT2D eigenvalue weighted by atomic mass is 27.2. The molecule has 0 heterocycles. The minimum Gasteiger partial charge on any atom is -0.0939 e. The van der Waals surface area contributed by atoms with Crippen LogP contribution in [0.2, 0.25) is 15.8 Å². The largest absolute Gasteiger partial charge is 0.261 e. The first kappa shape index (κ1) is 27.5. The Kier molecular flexibility index (Phi) is 25.1. The van der Waals surface area contributed by atoms with Crippen molar-refractivity contribution in [1.82, 2.24) is 0 Å². The second-order valence-corrected chi connectivity index (χ2v) is 12.7. The second-order valence-electron chi connectivity index (χ2n) is 9.24. The van der Waals surface area contributed by atoms with E-state index in [-0.39, 0.29) is 0 Å². The van der Waals surface area contributed by atoms with Crippen molar-refractivity contribution in [3.63, 3.8) is 0 Å². The lowest BCUT2D eigenvalue weighted by molar-refractivity contribution is 0.583. The summed E-state index contributed by atoms with van der Waals surface area (Å²) in [5.74, 6) is 0. The summed E-state index contributed by atoms with van der Waals surface area (Å²) in [6, 6.07) is 0. The van der Waals surface area contributed by atoms with Gasteiger partial charge >= 0.3 is 0 Å². The molecule has 0 bridgehead atoms. The molecule has 0 aliphatic carbocycles. The molecule has 0 unspecified atom stereocenters. The van der Waals surface area contributed by atoms with Crippen LogP contribution in [-0.2, 0) is 0 Å². The summed E-state index contributed by atoms with van der Waals surface area (Å²) in [5.41, 5.74) is 0. The van der Waals surface area contributed by atoms with Gasteiger partial charge in [-0.2, -0.15) is 0 Å². The van der Waals surface area contributed by atoms with Gasteiger partial charge in [0.2, 0.25) is 0 Å². The monoisotopic (exact) mass is 394 g/mol. The van der Waals surface area contributed by atoms with Gasteiger partial charge in [-0.25, -0.2) is 0 Å². The molecule has 0 aliphatic rings. The van der Waals surface area contributed by atoms with E-state index in [2.05, 4.69) is 20.8 Å². The minimum atomic E-state index is -0.421. The van der Waals surface area contributed by atoms with Gasteiger partial charge in [0.15, 0.2) is 0 Å². The highest BCUT2D eigenvalue weighted by molar-refractivity contribution is 6.58. The maximum absolute atomic E-state index is 2.33. The molecule has 0 radical (unpaired) electrons. The highest BCUT2D eigenvalue weighted by Crippen LogP contribution is 2.20. The van der Waals surface area contributed by atoms with E-state index < -0.39 is 14.1 Å². The third-order valence-electron chi connectivity index (χ3n) is 6.40. The lowest BCUT2D eigenvalue weighted by Gasteiger charge is -2.12. The summed E-state index contributed by atoms with van der Waals surface area (Å²) in [7, 11) is 0. The molecule has 0 spiro atoms. The Morgan fingerprint density at radius 1 is 0.296 bits per heavy atom. The SMILES string of the molecule is CCCCCCCCC[CH2][Al]([CH2]CCCCCCC)[CH2]CCCCCCC. The summed E-state index contributed by atoms with van der Waals surface area (Å²) in [5, 5.41) is 4.99. The maximum Gasteiger partial charge on any atom is 0.261 e. The van der Waals surface area contributed by atoms with Crippen LogP contribution < -0.4 is 0 Å². The zero-order valence-corrected chi connectivity index (χ0v) is 21.0. The highest BCUT2D eigenvalue weighted by Gasteiger charge is 2.15. The standard InChI is InChI=1S/C10H21.2C8H17.Al/c1-3-5-7-9-10-8-6-4-2;2*1-3-5-7-8-6-4-2;/h1,3-10H2,2H3;2*1,3-8H2,2H3;. The van der Waals surface area contributed by atoms with Crippen LogP contribution in [0.1, 0.15) is 149 Å². The molecule has 162 valence electrons. The molecular formula is C26H55Al. The molecule has 0 saturated heterocycles. The summed E-state index contributed by atoms with van der Waals surface area (Å²) in [6.45, 7) is 6.97. The fourth-order valence-electron chi connectivity index (χ4n) is 4.43. The molecule has 0 amide bonds. The van der Waals surface area contributed by atoms with Crippen molar-refractivity contribution in [2.45, 2.75) is 165 Å². The van der Waals surface area contributed by atoms with E-state index in [1.54, 1.807) is 35.1 Å². The van der Waals surface area contributed by atoms with Gasteiger partial charge in [-0.3, -0.25) is 0 Å². The lowest BCUT2D eigenvalue weighted by atomic mass is 10.1. The van der Waals surface area contributed by atoms with Crippen LogP contribution in [0, 0.1) is 0 Å². The molecular weight excluding hydrogens is 339 g/mol. The van der Waals surface area contributed by atoms with Gasteiger partial charge in [-0.1, -0.05) is 165 Å². The number of hydrogen-bond donors (Lipinski definition) is 0. The van der Waals surface area contributed by atoms with Gasteiger partial charge in [-0.15, -0.1) is 0 Å². The van der Waals surface area contributed by atoms with E-state index in [9.17, 15) is 0 Å². The van der Waals surface area contributed by atoms with Crippen LogP contribution in [0.15, 0.2) is 0 Å². The van der Waals surface area contributed by atoms with Gasteiger partial charge < -0.3 is 0 Å². The predicted octanol–water partition coefficient (Wildman–Crippen LogP) is 10.3. The van der Waals surface area contributed by atoms with Crippen LogP contribution in [0.5, 0.6) is 0 Å². The molecule has 0 rings (SSSR count). The fraction of sp³-hybridized carbons (Fsp3) is 1.00. The molecule has 0 fully saturated rings. The van der Waals surface area contributed by atoms with Gasteiger partial charge in [0.05, 0.1) is 0 Å². The topological polar surface area (TPSA) is 0 Å². The number of hydrogen-bond acceptors (Lipinski definition) is 0. The first-order chi connectivity index (χ1) is 13.3. The van der Waals surface area contributed by atoms with E-state index in [1.807, 2.05) is 0 Å². The molecule has 0 aliphatic heterocycles. The second kappa shape index (κ2) is 24.6. The molecule has 1 heteroatoms. The van der Waals surface area contributed by atoms with E-state index in [1.165, 1.54) is 109 Å². The smallest absolute Gasteiger partial charge is 0.0939 e. The Balaban J connectivity index is 3.77. The average molecular weight is 395 g/mol. The number of unbranched alkanes of at least 4 members (excludes halogenated alkanes) is 17. The molecule has 0 nitrogen and oxygen atoms in total. The van der Waals surface area contributed by atoms with E-state index in [0.717, 1.165) is 0 Å². The minimum absolute atomic E-state index is 0.421. The summed E-state index contributed by atoms with van der Waals surface area (Å²) >= 11 is -0.421. The third kappa shape index (κ3) is 22.7. The van der Waals surface area contributed by atoms with E-state index >= 15 is 0 Å². The Labute approximate surface area is 179 Å². The molecule has 0 N–H and O–H groups in total. The molecule has 0 aromatic heterocycles. The Morgan fingerprint density at radius 3 is 0.778 bits per heavy atom. The lowest BCUT2D eigenvalue weighted by Crippen LogP contribution is -2.12. The predicted molar refractivity (Wildman–Crippen MR) is 130 cm³/mol. The van der Waals surface area contributed by atoms with Crippen LogP contribution in [0.4, 0.5) is 0 Å². The van der Waals surface area contributed by atoms with Gasteiger partial charge in [0, 0.05) is 0 Å². The maximum atomic E-state index is 2.33. The van der Waals surface area contributed by atoms with Crippen molar-refractivity contribution in [2.24, 2.45) is 0 Å². The van der Waals surface area contributed by atoms with Crippen LogP contribution >= 0.6 is 0 Å². The first-order valence-electron chi connectivity index (χ1n) is 13.3. The third-order valence-corrected chi connectivity index (χ3v) is 10.1. The van der Waals surface area contributed by atoms with Gasteiger partial charge in [0.25, 0.3) is 14.1 Å². The van der Waals surface area contributed by atoms with Crippen LogP contribution in [0.25, 0.3) is 0 Å². The summed E-state index contributed by atoms with van der Waals surface area (Å²) < 4.78 is 0. The first-order valence-corrected chi connectivity index (χ1v) is 15.8. The van der Waals surface area contributed by atoms with Crippen molar-refractivity contribution in [3.8, 4) is 0 Å². The Hall–Kier alpha value is 0.532. The quantitative estimate of drug-likeness (QED) is 0.119. The molecule has 0 saturated carbocycles. The van der Waals surface area contributed by atoms with E-state index in [0.29, 0.717) is 0 Å². The normalized spacial score (nSPS) is 11.2. The van der Waals surface area contributed by atoms with Crippen LogP contribution in [0.3, 0.4) is 0 Å². The van der Waals surface area contributed by atoms with Gasteiger partial charge in [-0.05, 0) is 0 Å². The van der Waals surface area contributed by atoms with Crippen molar-refractivity contribution in [2.75, 3.05) is 0 Å². The van der Waals surface area contributed by atoms with Crippen molar-refractivity contribution in [3.05, 3.63) is 0 Å². The fourth-order valence-corrected chi connectivity index (χ4v) is 7.89. The summed E-state index contributed by atoms with van der Waals surface area (Å²) in [4.78, 5) is 0. The zero-order chi connectivity index (χ0) is 19.8. The molecule has 0 aromatic carbocycles.